The maximum Gasteiger partial charge on any atom is 0.251 e. The van der Waals surface area contributed by atoms with Crippen LogP contribution in [-0.2, 0) is 11.8 Å². The molecule has 1 saturated heterocycles. The van der Waals surface area contributed by atoms with Crippen LogP contribution in [0, 0.1) is 13.8 Å². The summed E-state index contributed by atoms with van der Waals surface area (Å²) in [5, 5.41) is 7.32. The van der Waals surface area contributed by atoms with Crippen LogP contribution in [-0.4, -0.2) is 46.7 Å². The van der Waals surface area contributed by atoms with Crippen LogP contribution in [0.5, 0.6) is 5.75 Å². The average molecular weight is 356 g/mol. The van der Waals surface area contributed by atoms with Gasteiger partial charge in [0.1, 0.15) is 5.75 Å². The number of amides is 2. The minimum atomic E-state index is -0.312. The molecular formula is C19H24N4O3. The Hall–Kier alpha value is -2.83. The van der Waals surface area contributed by atoms with Gasteiger partial charge in [0.25, 0.3) is 5.91 Å². The molecule has 0 radical (unpaired) electrons. The van der Waals surface area contributed by atoms with Crippen LogP contribution < -0.4 is 10.1 Å². The summed E-state index contributed by atoms with van der Waals surface area (Å²) in [5.74, 6) is 0.462. The van der Waals surface area contributed by atoms with Gasteiger partial charge in [-0.25, -0.2) is 0 Å². The third-order valence-corrected chi connectivity index (χ3v) is 5.24. The van der Waals surface area contributed by atoms with Crippen LogP contribution in [0.15, 0.2) is 24.4 Å². The summed E-state index contributed by atoms with van der Waals surface area (Å²) >= 11 is 0. The van der Waals surface area contributed by atoms with E-state index in [1.807, 2.05) is 27.0 Å². The fraction of sp³-hybridized carbons (Fsp3) is 0.421. The number of aromatic nitrogens is 2. The number of nitrogens with zero attached hydrogens (tertiary/aromatic N) is 3. The normalized spacial score (nSPS) is 19.7. The smallest absolute Gasteiger partial charge is 0.251 e. The molecule has 0 unspecified atom stereocenters. The lowest BCUT2D eigenvalue weighted by molar-refractivity contribution is -0.127. The van der Waals surface area contributed by atoms with Crippen molar-refractivity contribution >= 4 is 11.8 Å². The Kier molecular flexibility index (Phi) is 4.71. The molecule has 2 heterocycles. The number of benzene rings is 1. The van der Waals surface area contributed by atoms with Crippen molar-refractivity contribution in [2.45, 2.75) is 32.4 Å². The number of carbonyl (C=O) groups is 2. The quantitative estimate of drug-likeness (QED) is 0.905. The van der Waals surface area contributed by atoms with Crippen molar-refractivity contribution < 1.29 is 14.3 Å². The molecule has 26 heavy (non-hydrogen) atoms. The van der Waals surface area contributed by atoms with Crippen LogP contribution in [0.3, 0.4) is 0 Å². The number of hydrogen-bond donors (Lipinski definition) is 1. The molecule has 2 aromatic rings. The van der Waals surface area contributed by atoms with E-state index in [0.717, 1.165) is 16.8 Å². The summed E-state index contributed by atoms with van der Waals surface area (Å²) in [6.07, 6.45) is 2.04. The zero-order valence-electron chi connectivity index (χ0n) is 15.7. The van der Waals surface area contributed by atoms with Crippen molar-refractivity contribution in [3.63, 3.8) is 0 Å². The van der Waals surface area contributed by atoms with Crippen LogP contribution in [0.1, 0.15) is 39.6 Å². The molecule has 138 valence electrons. The monoisotopic (exact) mass is 356 g/mol. The van der Waals surface area contributed by atoms with Gasteiger partial charge in [0.2, 0.25) is 5.91 Å². The van der Waals surface area contributed by atoms with Crippen LogP contribution in [0.2, 0.25) is 0 Å². The van der Waals surface area contributed by atoms with Gasteiger partial charge in [-0.1, -0.05) is 6.07 Å². The minimum Gasteiger partial charge on any atom is -0.496 e. The zero-order chi connectivity index (χ0) is 19.0. The van der Waals surface area contributed by atoms with Gasteiger partial charge in [0, 0.05) is 42.9 Å². The molecule has 1 N–H and O–H groups in total. The van der Waals surface area contributed by atoms with E-state index in [1.165, 1.54) is 0 Å². The fourth-order valence-corrected chi connectivity index (χ4v) is 3.56. The Labute approximate surface area is 152 Å². The SMILES string of the molecule is COc1cccc(C(=O)N[C@@H]2CC(=O)N(C)[C@H]2c2cnn(C)c2C)c1C. The van der Waals surface area contributed by atoms with Crippen molar-refractivity contribution in [1.29, 1.82) is 0 Å². The van der Waals surface area contributed by atoms with Gasteiger partial charge in [-0.15, -0.1) is 0 Å². The summed E-state index contributed by atoms with van der Waals surface area (Å²) in [7, 11) is 5.21. The Morgan fingerprint density at radius 3 is 2.65 bits per heavy atom. The lowest BCUT2D eigenvalue weighted by atomic mass is 9.99. The highest BCUT2D eigenvalue weighted by Gasteiger charge is 2.41. The Balaban J connectivity index is 1.89. The molecule has 0 saturated carbocycles. The first kappa shape index (κ1) is 18.0. The summed E-state index contributed by atoms with van der Waals surface area (Å²) in [6.45, 7) is 3.81. The molecule has 0 spiro atoms. The summed E-state index contributed by atoms with van der Waals surface area (Å²) in [5.41, 5.74) is 3.26. The fourth-order valence-electron chi connectivity index (χ4n) is 3.56. The molecule has 1 fully saturated rings. The van der Waals surface area contributed by atoms with Gasteiger partial charge in [-0.2, -0.15) is 5.10 Å². The third kappa shape index (κ3) is 2.94. The topological polar surface area (TPSA) is 76.5 Å². The van der Waals surface area contributed by atoms with Crippen molar-refractivity contribution in [2.24, 2.45) is 7.05 Å². The summed E-state index contributed by atoms with van der Waals surface area (Å²) in [6, 6.07) is 4.83. The van der Waals surface area contributed by atoms with Gasteiger partial charge in [-0.05, 0) is 26.0 Å². The number of rotatable bonds is 4. The zero-order valence-corrected chi connectivity index (χ0v) is 15.7. The first-order valence-corrected chi connectivity index (χ1v) is 8.53. The minimum absolute atomic E-state index is 0.00548. The maximum atomic E-state index is 12.9. The molecule has 2 amide bonds. The molecule has 7 nitrogen and oxygen atoms in total. The molecule has 1 aliphatic rings. The second-order valence-electron chi connectivity index (χ2n) is 6.68. The van der Waals surface area contributed by atoms with Crippen LogP contribution in [0.4, 0.5) is 0 Å². The molecular weight excluding hydrogens is 332 g/mol. The average Bonchev–Trinajstić information content (AvgIpc) is 3.07. The van der Waals surface area contributed by atoms with E-state index in [2.05, 4.69) is 10.4 Å². The molecule has 0 aliphatic carbocycles. The van der Waals surface area contributed by atoms with Gasteiger partial charge < -0.3 is 15.0 Å². The summed E-state index contributed by atoms with van der Waals surface area (Å²) in [4.78, 5) is 26.8. The van der Waals surface area contributed by atoms with Gasteiger partial charge in [-0.3, -0.25) is 14.3 Å². The Bertz CT molecular complexity index is 858. The molecule has 1 aliphatic heterocycles. The van der Waals surface area contributed by atoms with Crippen molar-refractivity contribution in [3.8, 4) is 5.75 Å². The largest absolute Gasteiger partial charge is 0.496 e. The number of carbonyl (C=O) groups excluding carboxylic acids is 2. The standard InChI is InChI=1S/C19H24N4O3/c1-11-13(7-6-8-16(11)26-5)19(25)21-15-9-17(24)22(3)18(15)14-10-20-23(4)12(14)2/h6-8,10,15,18H,9H2,1-5H3,(H,21,25)/t15-,18+/m1/s1. The van der Waals surface area contributed by atoms with E-state index in [0.29, 0.717) is 11.3 Å². The van der Waals surface area contributed by atoms with Gasteiger partial charge >= 0.3 is 0 Å². The number of likely N-dealkylation sites (N-methyl/N-ethyl adjacent to an activating group) is 1. The van der Waals surface area contributed by atoms with E-state index in [1.54, 1.807) is 42.1 Å². The van der Waals surface area contributed by atoms with E-state index in [-0.39, 0.29) is 30.3 Å². The van der Waals surface area contributed by atoms with Crippen LogP contribution >= 0.6 is 0 Å². The molecule has 1 aromatic carbocycles. The predicted molar refractivity (Wildman–Crippen MR) is 97.1 cm³/mol. The van der Waals surface area contributed by atoms with Crippen molar-refractivity contribution in [1.82, 2.24) is 20.0 Å². The highest BCUT2D eigenvalue weighted by Crippen LogP contribution is 2.34. The number of nitrogens with one attached hydrogen (secondary N) is 1. The third-order valence-electron chi connectivity index (χ3n) is 5.24. The molecule has 3 rings (SSSR count). The Morgan fingerprint density at radius 1 is 1.31 bits per heavy atom. The lowest BCUT2D eigenvalue weighted by Gasteiger charge is -2.25. The second kappa shape index (κ2) is 6.82. The molecule has 1 aromatic heterocycles. The van der Waals surface area contributed by atoms with Gasteiger partial charge in [0.15, 0.2) is 0 Å². The number of aryl methyl sites for hydroxylation is 1. The number of ether oxygens (including phenoxy) is 1. The van der Waals surface area contributed by atoms with E-state index in [4.69, 9.17) is 4.74 Å². The number of hydrogen-bond acceptors (Lipinski definition) is 4. The highest BCUT2D eigenvalue weighted by atomic mass is 16.5. The molecule has 0 bridgehead atoms. The highest BCUT2D eigenvalue weighted by molar-refractivity contribution is 5.97. The first-order chi connectivity index (χ1) is 12.3. The summed E-state index contributed by atoms with van der Waals surface area (Å²) < 4.78 is 7.07. The molecule has 7 heteroatoms. The van der Waals surface area contributed by atoms with Gasteiger partial charge in [0.05, 0.1) is 25.4 Å². The molecule has 2 atom stereocenters. The first-order valence-electron chi connectivity index (χ1n) is 8.53. The van der Waals surface area contributed by atoms with Crippen molar-refractivity contribution in [3.05, 3.63) is 46.8 Å². The number of methoxy groups -OCH3 is 1. The van der Waals surface area contributed by atoms with Crippen molar-refractivity contribution in [2.75, 3.05) is 14.2 Å². The maximum absolute atomic E-state index is 12.9. The van der Waals surface area contributed by atoms with E-state index < -0.39 is 0 Å². The predicted octanol–water partition coefficient (Wildman–Crippen LogP) is 1.75. The lowest BCUT2D eigenvalue weighted by Crippen LogP contribution is -2.39. The van der Waals surface area contributed by atoms with E-state index in [9.17, 15) is 9.59 Å². The number of likely N-dealkylation sites (tertiary alicyclic amines) is 1. The Morgan fingerprint density at radius 2 is 2.04 bits per heavy atom. The van der Waals surface area contributed by atoms with E-state index >= 15 is 0 Å². The second-order valence-corrected chi connectivity index (χ2v) is 6.68. The van der Waals surface area contributed by atoms with Crippen LogP contribution in [0.25, 0.3) is 0 Å².